The van der Waals surface area contributed by atoms with Crippen molar-refractivity contribution in [2.24, 2.45) is 0 Å². The van der Waals surface area contributed by atoms with Crippen molar-refractivity contribution in [2.45, 2.75) is 0 Å². The average molecular weight is 396 g/mol. The quantitative estimate of drug-likeness (QED) is 0.471. The summed E-state index contributed by atoms with van der Waals surface area (Å²) in [6, 6.07) is 8.74. The Morgan fingerprint density at radius 2 is 1.83 bits per heavy atom. The number of halogens is 1. The predicted octanol–water partition coefficient (Wildman–Crippen LogP) is 2.89. The van der Waals surface area contributed by atoms with Gasteiger partial charge in [0.2, 0.25) is 0 Å². The molecule has 0 aliphatic rings. The van der Waals surface area contributed by atoms with Crippen molar-refractivity contribution < 1.29 is 14.5 Å². The number of nitro groups is 1. The molecular formula is C14H10BrN3O4S. The van der Waals surface area contributed by atoms with Gasteiger partial charge in [0.15, 0.2) is 0 Å². The molecule has 7 nitrogen and oxygen atoms in total. The van der Waals surface area contributed by atoms with Gasteiger partial charge >= 0.3 is 0 Å². The Morgan fingerprint density at radius 3 is 2.39 bits per heavy atom. The zero-order chi connectivity index (χ0) is 16.8. The molecule has 23 heavy (non-hydrogen) atoms. The largest absolute Gasteiger partial charge is 0.269 e. The lowest BCUT2D eigenvalue weighted by Crippen LogP contribution is -2.40. The lowest BCUT2D eigenvalue weighted by molar-refractivity contribution is -0.384. The molecule has 0 aliphatic heterocycles. The summed E-state index contributed by atoms with van der Waals surface area (Å²) < 4.78 is 0.948. The molecule has 0 fully saturated rings. The number of carbonyl (C=O) groups excluding carboxylic acids is 2. The first kappa shape index (κ1) is 16.8. The molecule has 2 amide bonds. The van der Waals surface area contributed by atoms with Crippen LogP contribution >= 0.6 is 27.3 Å². The van der Waals surface area contributed by atoms with Crippen LogP contribution in [0, 0.1) is 10.1 Å². The van der Waals surface area contributed by atoms with Crippen molar-refractivity contribution in [3.05, 3.63) is 66.8 Å². The van der Waals surface area contributed by atoms with Crippen LogP contribution in [0.1, 0.15) is 15.2 Å². The monoisotopic (exact) mass is 395 g/mol. The van der Waals surface area contributed by atoms with Gasteiger partial charge in [-0.05, 0) is 46.3 Å². The van der Waals surface area contributed by atoms with Crippen molar-refractivity contribution in [1.29, 1.82) is 0 Å². The Bertz CT molecular complexity index is 771. The fraction of sp³-hybridized carbons (Fsp3) is 0. The van der Waals surface area contributed by atoms with E-state index in [0.717, 1.165) is 8.66 Å². The Labute approximate surface area is 143 Å². The summed E-state index contributed by atoms with van der Waals surface area (Å²) in [6.07, 6.45) is 2.90. The third-order valence-corrected chi connectivity index (χ3v) is 4.22. The molecule has 2 N–H and O–H groups in total. The fourth-order valence-electron chi connectivity index (χ4n) is 1.54. The average Bonchev–Trinajstić information content (AvgIpc) is 2.96. The molecule has 0 aliphatic carbocycles. The van der Waals surface area contributed by atoms with E-state index in [1.54, 1.807) is 6.08 Å². The van der Waals surface area contributed by atoms with Crippen molar-refractivity contribution >= 4 is 50.8 Å². The number of hydrazine groups is 1. The minimum atomic E-state index is -0.569. The number of nitrogens with one attached hydrogen (secondary N) is 2. The van der Waals surface area contributed by atoms with Crippen LogP contribution < -0.4 is 10.9 Å². The second kappa shape index (κ2) is 7.65. The summed E-state index contributed by atoms with van der Waals surface area (Å²) in [6.45, 7) is 0. The molecule has 0 radical (unpaired) electrons. The second-order valence-corrected chi connectivity index (χ2v) is 6.72. The van der Waals surface area contributed by atoms with Crippen LogP contribution in [0.3, 0.4) is 0 Å². The van der Waals surface area contributed by atoms with Gasteiger partial charge in [0, 0.05) is 28.6 Å². The first-order chi connectivity index (χ1) is 11.0. The highest BCUT2D eigenvalue weighted by molar-refractivity contribution is 9.11. The van der Waals surface area contributed by atoms with E-state index in [1.807, 2.05) is 12.1 Å². The van der Waals surface area contributed by atoms with Gasteiger partial charge < -0.3 is 0 Å². The maximum Gasteiger partial charge on any atom is 0.269 e. The lowest BCUT2D eigenvalue weighted by Gasteiger charge is -2.04. The van der Waals surface area contributed by atoms with Crippen LogP contribution in [0.25, 0.3) is 6.08 Å². The van der Waals surface area contributed by atoms with E-state index in [1.165, 1.54) is 41.7 Å². The SMILES string of the molecule is O=C(/C=C/c1ccc(Br)s1)NNC(=O)c1ccc([N+](=O)[O-])cc1. The molecular weight excluding hydrogens is 386 g/mol. The van der Waals surface area contributed by atoms with Gasteiger partial charge in [0.25, 0.3) is 17.5 Å². The standard InChI is InChI=1S/C14H10BrN3O4S/c15-12-7-5-11(23-12)6-8-13(19)16-17-14(20)9-1-3-10(4-2-9)18(21)22/h1-8H,(H,16,19)(H,17,20)/b8-6+. The van der Waals surface area contributed by atoms with Gasteiger partial charge in [0.1, 0.15) is 0 Å². The summed E-state index contributed by atoms with van der Waals surface area (Å²) >= 11 is 4.78. The molecule has 1 heterocycles. The molecule has 0 spiro atoms. The summed E-state index contributed by atoms with van der Waals surface area (Å²) in [5.74, 6) is -1.06. The number of amides is 2. The van der Waals surface area contributed by atoms with Gasteiger partial charge in [-0.25, -0.2) is 0 Å². The van der Waals surface area contributed by atoms with Crippen molar-refractivity contribution in [1.82, 2.24) is 10.9 Å². The van der Waals surface area contributed by atoms with Crippen molar-refractivity contribution in [2.75, 3.05) is 0 Å². The molecule has 1 aromatic heterocycles. The Morgan fingerprint density at radius 1 is 1.13 bits per heavy atom. The number of hydrogen-bond donors (Lipinski definition) is 2. The minimum absolute atomic E-state index is 0.115. The lowest BCUT2D eigenvalue weighted by atomic mass is 10.2. The zero-order valence-corrected chi connectivity index (χ0v) is 13.9. The Hall–Kier alpha value is -2.52. The number of nitro benzene ring substituents is 1. The summed E-state index contributed by atoms with van der Waals surface area (Å²) in [5, 5.41) is 10.5. The van der Waals surface area contributed by atoms with E-state index in [4.69, 9.17) is 0 Å². The van der Waals surface area contributed by atoms with Crippen LogP contribution in [0.5, 0.6) is 0 Å². The number of nitrogens with zero attached hydrogens (tertiary/aromatic N) is 1. The number of rotatable bonds is 4. The summed E-state index contributed by atoms with van der Waals surface area (Å²) in [5.41, 5.74) is 4.53. The van der Waals surface area contributed by atoms with Crippen LogP contribution in [0.15, 0.2) is 46.3 Å². The van der Waals surface area contributed by atoms with Gasteiger partial charge in [0.05, 0.1) is 8.71 Å². The van der Waals surface area contributed by atoms with E-state index in [2.05, 4.69) is 26.8 Å². The molecule has 0 saturated heterocycles. The van der Waals surface area contributed by atoms with Gasteiger partial charge in [-0.15, -0.1) is 11.3 Å². The van der Waals surface area contributed by atoms with Crippen molar-refractivity contribution in [3.63, 3.8) is 0 Å². The highest BCUT2D eigenvalue weighted by Gasteiger charge is 2.09. The van der Waals surface area contributed by atoms with E-state index >= 15 is 0 Å². The molecule has 1 aromatic carbocycles. The maximum absolute atomic E-state index is 11.8. The Balaban J connectivity index is 1.87. The molecule has 9 heteroatoms. The van der Waals surface area contributed by atoms with Gasteiger partial charge in [-0.2, -0.15) is 0 Å². The number of hydrogen-bond acceptors (Lipinski definition) is 5. The first-order valence-corrected chi connectivity index (χ1v) is 7.85. The summed E-state index contributed by atoms with van der Waals surface area (Å²) in [7, 11) is 0. The molecule has 0 saturated carbocycles. The van der Waals surface area contributed by atoms with Crippen molar-refractivity contribution in [3.8, 4) is 0 Å². The predicted molar refractivity (Wildman–Crippen MR) is 89.8 cm³/mol. The zero-order valence-electron chi connectivity index (χ0n) is 11.5. The third kappa shape index (κ3) is 5.01. The molecule has 2 aromatic rings. The highest BCUT2D eigenvalue weighted by Crippen LogP contribution is 2.22. The summed E-state index contributed by atoms with van der Waals surface area (Å²) in [4.78, 5) is 34.2. The molecule has 0 atom stereocenters. The second-order valence-electron chi connectivity index (χ2n) is 4.22. The number of carbonyl (C=O) groups is 2. The fourth-order valence-corrected chi connectivity index (χ4v) is 2.87. The van der Waals surface area contributed by atoms with Crippen LogP contribution in [0.2, 0.25) is 0 Å². The van der Waals surface area contributed by atoms with Crippen LogP contribution in [-0.2, 0) is 4.79 Å². The topological polar surface area (TPSA) is 101 Å². The van der Waals surface area contributed by atoms with E-state index in [-0.39, 0.29) is 11.3 Å². The minimum Gasteiger partial charge on any atom is -0.268 e. The van der Waals surface area contributed by atoms with Gasteiger partial charge in [-0.1, -0.05) is 0 Å². The molecule has 0 unspecified atom stereocenters. The van der Waals surface area contributed by atoms with E-state index in [0.29, 0.717) is 0 Å². The smallest absolute Gasteiger partial charge is 0.268 e. The van der Waals surface area contributed by atoms with Crippen LogP contribution in [-0.4, -0.2) is 16.7 Å². The maximum atomic E-state index is 11.8. The molecule has 0 bridgehead atoms. The normalized spacial score (nSPS) is 10.5. The number of benzene rings is 1. The highest BCUT2D eigenvalue weighted by atomic mass is 79.9. The first-order valence-electron chi connectivity index (χ1n) is 6.24. The molecule has 118 valence electrons. The molecule has 2 rings (SSSR count). The van der Waals surface area contributed by atoms with E-state index in [9.17, 15) is 19.7 Å². The van der Waals surface area contributed by atoms with Crippen LogP contribution in [0.4, 0.5) is 5.69 Å². The number of non-ortho nitro benzene ring substituents is 1. The van der Waals surface area contributed by atoms with E-state index < -0.39 is 16.7 Å². The number of thiophene rings is 1. The third-order valence-electron chi connectivity index (χ3n) is 2.63. The Kier molecular flexibility index (Phi) is 5.61. The van der Waals surface area contributed by atoms with Gasteiger partial charge in [-0.3, -0.25) is 30.6 Å².